The first-order valence-electron chi connectivity index (χ1n) is 12.1. The van der Waals surface area contributed by atoms with Gasteiger partial charge in [-0.05, 0) is 36.4 Å². The summed E-state index contributed by atoms with van der Waals surface area (Å²) in [6.45, 7) is -1.83. The molecule has 3 aromatic carbocycles. The maximum Gasteiger partial charge on any atom is 0.222 e. The highest BCUT2D eigenvalue weighted by molar-refractivity contribution is 6.23. The van der Waals surface area contributed by atoms with Gasteiger partial charge in [-0.2, -0.15) is 0 Å². The number of ketones is 3. The molecule has 4 atom stereocenters. The topological polar surface area (TPSA) is 352 Å². The molecule has 3 aromatic rings. The first-order valence-corrected chi connectivity index (χ1v) is 12.1. The smallest absolute Gasteiger partial charge is 0.222 e. The molecule has 240 valence electrons. The summed E-state index contributed by atoms with van der Waals surface area (Å²) in [5.41, 5.74) is -17.6. The van der Waals surface area contributed by atoms with Gasteiger partial charge in [0.05, 0.1) is 6.61 Å². The molecule has 0 aromatic heterocycles. The van der Waals surface area contributed by atoms with E-state index in [1.807, 2.05) is 0 Å². The van der Waals surface area contributed by atoms with Gasteiger partial charge in [-0.25, -0.2) is 0 Å². The Bertz CT molecular complexity index is 1660. The minimum Gasteiger partial charge on any atom is -0.504 e. The summed E-state index contributed by atoms with van der Waals surface area (Å²) in [5, 5.41) is 144. The van der Waals surface area contributed by atoms with Crippen LogP contribution in [-0.4, -0.2) is 125 Å². The zero-order valence-electron chi connectivity index (χ0n) is 22.2. The van der Waals surface area contributed by atoms with E-state index in [1.165, 1.54) is 0 Å². The van der Waals surface area contributed by atoms with Gasteiger partial charge in [-0.15, -0.1) is 0 Å². The zero-order valence-corrected chi connectivity index (χ0v) is 22.2. The average Bonchev–Trinajstić information content (AvgIpc) is 3.01. The quantitative estimate of drug-likeness (QED) is 0.0456. The van der Waals surface area contributed by atoms with E-state index in [0.29, 0.717) is 0 Å². The Morgan fingerprint density at radius 2 is 0.867 bits per heavy atom. The molecule has 0 fully saturated rings. The van der Waals surface area contributed by atoms with Crippen molar-refractivity contribution in [3.05, 3.63) is 53.1 Å². The number of phenolic OH excluding ortho intramolecular Hbond substituents is 9. The first kappa shape index (κ1) is 33.8. The molecule has 0 aliphatic heterocycles. The number of hydrogen-bond acceptors (Lipinski definition) is 18. The van der Waals surface area contributed by atoms with Gasteiger partial charge in [0, 0.05) is 16.7 Å². The van der Waals surface area contributed by atoms with Crippen LogP contribution >= 0.6 is 0 Å². The van der Waals surface area contributed by atoms with E-state index < -0.39 is 122 Å². The van der Waals surface area contributed by atoms with Crippen molar-refractivity contribution in [2.45, 2.75) is 22.9 Å². The van der Waals surface area contributed by atoms with Crippen molar-refractivity contribution in [2.75, 3.05) is 6.61 Å². The van der Waals surface area contributed by atoms with E-state index in [4.69, 9.17) is 0 Å². The molecular weight excluding hydrogens is 612 g/mol. The molecule has 0 heterocycles. The molecule has 0 saturated heterocycles. The predicted octanol–water partition coefficient (Wildman–Crippen LogP) is -2.27. The lowest BCUT2D eigenvalue weighted by Crippen LogP contribution is -2.80. The molecular formula is C27H24O18. The number of aliphatic hydroxyl groups is 5. The Hall–Kier alpha value is -5.66. The van der Waals surface area contributed by atoms with Crippen LogP contribution in [0.3, 0.4) is 0 Å². The summed E-state index contributed by atoms with van der Waals surface area (Å²) >= 11 is 0. The molecule has 0 amide bonds. The molecule has 0 aliphatic carbocycles. The van der Waals surface area contributed by atoms with Gasteiger partial charge in [0.15, 0.2) is 63.6 Å². The molecule has 0 unspecified atom stereocenters. The van der Waals surface area contributed by atoms with E-state index in [1.54, 1.807) is 0 Å². The second-order valence-corrected chi connectivity index (χ2v) is 9.64. The fourth-order valence-corrected chi connectivity index (χ4v) is 4.48. The summed E-state index contributed by atoms with van der Waals surface area (Å²) in [4.78, 5) is 54.0. The van der Waals surface area contributed by atoms with Gasteiger partial charge in [-0.3, -0.25) is 19.2 Å². The number of Topliss-reactive ketones (excluding diaryl/α,β-unsaturated/α-hetero) is 3. The summed E-state index contributed by atoms with van der Waals surface area (Å²) in [7, 11) is 0. The predicted molar refractivity (Wildman–Crippen MR) is 141 cm³/mol. The highest BCUT2D eigenvalue weighted by Gasteiger charge is 2.75. The lowest BCUT2D eigenvalue weighted by molar-refractivity contribution is -0.209. The van der Waals surface area contributed by atoms with Crippen molar-refractivity contribution in [1.82, 2.24) is 0 Å². The van der Waals surface area contributed by atoms with Gasteiger partial charge >= 0.3 is 0 Å². The monoisotopic (exact) mass is 636 g/mol. The highest BCUT2D eigenvalue weighted by atomic mass is 16.4. The maximum absolute atomic E-state index is 14.0. The number of rotatable bonds is 11. The van der Waals surface area contributed by atoms with E-state index in [9.17, 15) is 90.7 Å². The lowest BCUT2D eigenvalue weighted by Gasteiger charge is -2.48. The van der Waals surface area contributed by atoms with Crippen LogP contribution in [0.25, 0.3) is 0 Å². The number of hydrogen-bond donors (Lipinski definition) is 14. The molecule has 0 spiro atoms. The molecule has 3 rings (SSSR count). The van der Waals surface area contributed by atoms with Crippen molar-refractivity contribution < 1.29 is 90.7 Å². The second kappa shape index (κ2) is 11.4. The third kappa shape index (κ3) is 4.93. The van der Waals surface area contributed by atoms with E-state index >= 15 is 0 Å². The Morgan fingerprint density at radius 1 is 0.578 bits per heavy atom. The number of carbonyl (C=O) groups excluding carboxylic acids is 4. The van der Waals surface area contributed by atoms with Gasteiger partial charge < -0.3 is 71.5 Å². The average molecular weight is 636 g/mol. The van der Waals surface area contributed by atoms with Crippen LogP contribution in [-0.2, 0) is 4.79 Å². The van der Waals surface area contributed by atoms with Crippen molar-refractivity contribution >= 4 is 23.6 Å². The van der Waals surface area contributed by atoms with Crippen LogP contribution < -0.4 is 0 Å². The summed E-state index contributed by atoms with van der Waals surface area (Å²) in [6, 6.07) is 1.54. The fourth-order valence-electron chi connectivity index (χ4n) is 4.48. The second-order valence-electron chi connectivity index (χ2n) is 9.64. The SMILES string of the molecule is O=C[C@@](O)(C(=O)c1cc(O)c(O)c(O)c1)[C@](O)(C(=O)c1cc(O)c(O)c(O)c1)[C@@](O)(C(=O)c1cc(O)c(O)c(O)c1)[C@H](O)CO. The number of carbonyl (C=O) groups is 4. The van der Waals surface area contributed by atoms with Crippen molar-refractivity contribution in [3.63, 3.8) is 0 Å². The van der Waals surface area contributed by atoms with Crippen LogP contribution in [0.4, 0.5) is 0 Å². The summed E-state index contributed by atoms with van der Waals surface area (Å²) in [5.74, 6) is -18.5. The minimum absolute atomic E-state index is 0.227. The van der Waals surface area contributed by atoms with Gasteiger partial charge in [-0.1, -0.05) is 0 Å². The molecule has 14 N–H and O–H groups in total. The van der Waals surface area contributed by atoms with Crippen molar-refractivity contribution in [2.24, 2.45) is 0 Å². The fraction of sp³-hybridized carbons (Fsp3) is 0.185. The number of benzene rings is 3. The van der Waals surface area contributed by atoms with Gasteiger partial charge in [0.25, 0.3) is 0 Å². The Balaban J connectivity index is 2.53. The van der Waals surface area contributed by atoms with Crippen LogP contribution in [0.5, 0.6) is 51.7 Å². The molecule has 18 nitrogen and oxygen atoms in total. The Kier molecular flexibility index (Phi) is 8.61. The molecule has 18 heteroatoms. The molecule has 0 saturated carbocycles. The first-order chi connectivity index (χ1) is 20.7. The van der Waals surface area contributed by atoms with Crippen LogP contribution in [0.1, 0.15) is 31.1 Å². The van der Waals surface area contributed by atoms with E-state index in [-0.39, 0.29) is 36.4 Å². The van der Waals surface area contributed by atoms with E-state index in [0.717, 1.165) is 0 Å². The van der Waals surface area contributed by atoms with Gasteiger partial charge in [0.1, 0.15) is 6.10 Å². The minimum atomic E-state index is -4.82. The Morgan fingerprint density at radius 3 is 1.16 bits per heavy atom. The Labute approximate surface area is 249 Å². The standard InChI is InChI=1S/C27H24O18/c28-7-18(36)26(44,23(41)10-3-14(32)20(38)15(33)4-10)27(45,24(42)11-5-16(34)21(39)17(35)6-11)25(43,8-29)22(40)9-1-12(30)19(37)13(31)2-9/h1-6,8,18,28,30-39,43-45H,7H2/t18-,25-,26+,27-/m1/s1. The van der Waals surface area contributed by atoms with Crippen LogP contribution in [0, 0.1) is 0 Å². The van der Waals surface area contributed by atoms with Gasteiger partial charge in [0.2, 0.25) is 28.6 Å². The maximum atomic E-state index is 14.0. The summed E-state index contributed by atoms with van der Waals surface area (Å²) in [6.07, 6.45) is -4.15. The zero-order chi connectivity index (χ0) is 34.4. The lowest BCUT2D eigenvalue weighted by atomic mass is 9.60. The van der Waals surface area contributed by atoms with Crippen LogP contribution in [0.2, 0.25) is 0 Å². The number of phenols is 9. The van der Waals surface area contributed by atoms with Crippen molar-refractivity contribution in [3.8, 4) is 51.7 Å². The number of aliphatic hydroxyl groups excluding tert-OH is 2. The highest BCUT2D eigenvalue weighted by Crippen LogP contribution is 2.46. The number of aldehydes is 1. The summed E-state index contributed by atoms with van der Waals surface area (Å²) < 4.78 is 0. The number of aromatic hydroxyl groups is 9. The third-order valence-electron chi connectivity index (χ3n) is 6.95. The van der Waals surface area contributed by atoms with E-state index in [2.05, 4.69) is 0 Å². The van der Waals surface area contributed by atoms with Crippen molar-refractivity contribution in [1.29, 1.82) is 0 Å². The molecule has 0 aliphatic rings. The van der Waals surface area contributed by atoms with Crippen LogP contribution in [0.15, 0.2) is 36.4 Å². The molecule has 0 radical (unpaired) electrons. The molecule has 45 heavy (non-hydrogen) atoms. The normalized spacial score (nSPS) is 16.0. The largest absolute Gasteiger partial charge is 0.504 e. The third-order valence-corrected chi connectivity index (χ3v) is 6.95. The molecule has 0 bridgehead atoms.